The number of nitrogens with one attached hydrogen (secondary N) is 2. The lowest BCUT2D eigenvalue weighted by Crippen LogP contribution is -2.43. The molecule has 1 fully saturated rings. The van der Waals surface area contributed by atoms with Gasteiger partial charge in [-0.1, -0.05) is 38.1 Å². The van der Waals surface area contributed by atoms with Gasteiger partial charge in [0.25, 0.3) is 5.91 Å². The second-order valence-electron chi connectivity index (χ2n) is 8.07. The minimum atomic E-state index is -0.182. The molecular weight excluding hydrogens is 378 g/mol. The summed E-state index contributed by atoms with van der Waals surface area (Å²) >= 11 is 0. The van der Waals surface area contributed by atoms with E-state index in [1.807, 2.05) is 35.2 Å². The quantitative estimate of drug-likeness (QED) is 0.676. The molecular formula is C24H31N3O3. The van der Waals surface area contributed by atoms with Gasteiger partial charge >= 0.3 is 6.03 Å². The van der Waals surface area contributed by atoms with E-state index in [0.29, 0.717) is 35.9 Å². The molecule has 6 heteroatoms. The Hall–Kier alpha value is -2.86. The zero-order chi connectivity index (χ0) is 21.3. The van der Waals surface area contributed by atoms with Gasteiger partial charge < -0.3 is 20.3 Å². The number of rotatable bonds is 7. The van der Waals surface area contributed by atoms with Crippen molar-refractivity contribution < 1.29 is 14.3 Å². The Balaban J connectivity index is 1.48. The van der Waals surface area contributed by atoms with Crippen LogP contribution in [0.5, 0.6) is 0 Å². The molecule has 1 aliphatic heterocycles. The summed E-state index contributed by atoms with van der Waals surface area (Å²) in [6.45, 7) is 6.54. The van der Waals surface area contributed by atoms with Gasteiger partial charge in [0.1, 0.15) is 0 Å². The van der Waals surface area contributed by atoms with Crippen LogP contribution >= 0.6 is 0 Å². The van der Waals surface area contributed by atoms with E-state index in [2.05, 4.69) is 24.5 Å². The number of nitrogens with zero attached hydrogens (tertiary/aromatic N) is 1. The van der Waals surface area contributed by atoms with Gasteiger partial charge in [-0.2, -0.15) is 0 Å². The topological polar surface area (TPSA) is 70.7 Å². The zero-order valence-electron chi connectivity index (χ0n) is 17.8. The van der Waals surface area contributed by atoms with Crippen LogP contribution < -0.4 is 10.6 Å². The van der Waals surface area contributed by atoms with E-state index in [-0.39, 0.29) is 18.0 Å². The number of benzene rings is 2. The van der Waals surface area contributed by atoms with Gasteiger partial charge in [0, 0.05) is 36.6 Å². The molecule has 2 aromatic rings. The third-order valence-electron chi connectivity index (χ3n) is 5.19. The predicted octanol–water partition coefficient (Wildman–Crippen LogP) is 5.00. The fraction of sp³-hybridized carbons (Fsp3) is 0.417. The average Bonchev–Trinajstić information content (AvgIpc) is 2.75. The molecule has 1 saturated heterocycles. The van der Waals surface area contributed by atoms with Crippen molar-refractivity contribution in [3.8, 4) is 0 Å². The van der Waals surface area contributed by atoms with Crippen molar-refractivity contribution in [1.82, 2.24) is 4.90 Å². The third kappa shape index (κ3) is 6.59. The van der Waals surface area contributed by atoms with Crippen LogP contribution in [0, 0.1) is 5.92 Å². The number of hydrogen-bond donors (Lipinski definition) is 2. The van der Waals surface area contributed by atoms with Crippen LogP contribution in [0.1, 0.15) is 43.5 Å². The second kappa shape index (κ2) is 10.8. The Kier molecular flexibility index (Phi) is 7.85. The highest BCUT2D eigenvalue weighted by Gasteiger charge is 2.23. The molecule has 0 aliphatic carbocycles. The first-order valence-corrected chi connectivity index (χ1v) is 10.7. The summed E-state index contributed by atoms with van der Waals surface area (Å²) in [5, 5.41) is 5.80. The molecule has 2 N–H and O–H groups in total. The summed E-state index contributed by atoms with van der Waals surface area (Å²) in [7, 11) is 0. The summed E-state index contributed by atoms with van der Waals surface area (Å²) in [5.41, 5.74) is 1.88. The van der Waals surface area contributed by atoms with Crippen LogP contribution in [-0.4, -0.2) is 42.6 Å². The number of urea groups is 1. The maximum atomic E-state index is 12.6. The SMILES string of the molecule is CC(C)CCOC1CCN(C(=O)Nc2cccc(NC(=O)c3ccccc3)c2)CC1. The standard InChI is InChI=1S/C24H31N3O3/c1-18(2)13-16-30-22-11-14-27(15-12-22)24(29)26-21-10-6-9-20(17-21)25-23(28)19-7-4-3-5-8-19/h3-10,17-18,22H,11-16H2,1-2H3,(H,25,28)(H,26,29). The van der Waals surface area contributed by atoms with E-state index >= 15 is 0 Å². The summed E-state index contributed by atoms with van der Waals surface area (Å²) in [6.07, 6.45) is 3.03. The number of hydrogen-bond acceptors (Lipinski definition) is 3. The number of ether oxygens (including phenoxy) is 1. The highest BCUT2D eigenvalue weighted by Crippen LogP contribution is 2.19. The first-order chi connectivity index (χ1) is 14.5. The maximum Gasteiger partial charge on any atom is 0.321 e. The number of anilines is 2. The average molecular weight is 410 g/mol. The summed E-state index contributed by atoms with van der Waals surface area (Å²) < 4.78 is 5.93. The number of carbonyl (C=O) groups excluding carboxylic acids is 2. The Morgan fingerprint density at radius 2 is 1.67 bits per heavy atom. The lowest BCUT2D eigenvalue weighted by Gasteiger charge is -2.32. The van der Waals surface area contributed by atoms with E-state index in [9.17, 15) is 9.59 Å². The number of likely N-dealkylation sites (tertiary alicyclic amines) is 1. The number of piperidine rings is 1. The number of amides is 3. The van der Waals surface area contributed by atoms with Crippen molar-refractivity contribution in [1.29, 1.82) is 0 Å². The normalized spacial score (nSPS) is 14.6. The molecule has 2 aromatic carbocycles. The van der Waals surface area contributed by atoms with Crippen molar-refractivity contribution in [2.75, 3.05) is 30.3 Å². The molecule has 1 heterocycles. The van der Waals surface area contributed by atoms with E-state index in [1.54, 1.807) is 24.3 Å². The van der Waals surface area contributed by atoms with Crippen LogP contribution in [0.4, 0.5) is 16.2 Å². The first kappa shape index (κ1) is 21.8. The molecule has 0 atom stereocenters. The monoisotopic (exact) mass is 409 g/mol. The molecule has 0 spiro atoms. The second-order valence-corrected chi connectivity index (χ2v) is 8.07. The molecule has 0 unspecified atom stereocenters. The number of carbonyl (C=O) groups is 2. The Bertz CT molecular complexity index is 831. The van der Waals surface area contributed by atoms with E-state index in [4.69, 9.17) is 4.74 Å². The molecule has 3 rings (SSSR count). The van der Waals surface area contributed by atoms with E-state index < -0.39 is 0 Å². The van der Waals surface area contributed by atoms with Crippen molar-refractivity contribution in [2.45, 2.75) is 39.2 Å². The van der Waals surface area contributed by atoms with Crippen LogP contribution in [-0.2, 0) is 4.74 Å². The molecule has 6 nitrogen and oxygen atoms in total. The van der Waals surface area contributed by atoms with Gasteiger partial charge in [-0.3, -0.25) is 4.79 Å². The molecule has 160 valence electrons. The van der Waals surface area contributed by atoms with Gasteiger partial charge in [-0.05, 0) is 55.5 Å². The third-order valence-corrected chi connectivity index (χ3v) is 5.19. The van der Waals surface area contributed by atoms with E-state index in [0.717, 1.165) is 25.9 Å². The van der Waals surface area contributed by atoms with Crippen molar-refractivity contribution >= 4 is 23.3 Å². The maximum absolute atomic E-state index is 12.6. The van der Waals surface area contributed by atoms with Gasteiger partial charge in [-0.15, -0.1) is 0 Å². The largest absolute Gasteiger partial charge is 0.378 e. The molecule has 3 amide bonds. The lowest BCUT2D eigenvalue weighted by molar-refractivity contribution is 0.0112. The van der Waals surface area contributed by atoms with Gasteiger partial charge in [0.2, 0.25) is 0 Å². The fourth-order valence-corrected chi connectivity index (χ4v) is 3.37. The predicted molar refractivity (Wildman–Crippen MR) is 120 cm³/mol. The van der Waals surface area contributed by atoms with Crippen molar-refractivity contribution in [3.63, 3.8) is 0 Å². The molecule has 0 saturated carbocycles. The first-order valence-electron chi connectivity index (χ1n) is 10.7. The Morgan fingerprint density at radius 3 is 2.33 bits per heavy atom. The molecule has 1 aliphatic rings. The van der Waals surface area contributed by atoms with Crippen LogP contribution in [0.15, 0.2) is 54.6 Å². The minimum Gasteiger partial charge on any atom is -0.378 e. The summed E-state index contributed by atoms with van der Waals surface area (Å²) in [4.78, 5) is 26.8. The molecule has 0 radical (unpaired) electrons. The van der Waals surface area contributed by atoms with Crippen LogP contribution in [0.2, 0.25) is 0 Å². The smallest absolute Gasteiger partial charge is 0.321 e. The van der Waals surface area contributed by atoms with Crippen molar-refractivity contribution in [2.24, 2.45) is 5.92 Å². The molecule has 0 aromatic heterocycles. The van der Waals surface area contributed by atoms with Gasteiger partial charge in [0.15, 0.2) is 0 Å². The van der Waals surface area contributed by atoms with Crippen LogP contribution in [0.3, 0.4) is 0 Å². The Morgan fingerprint density at radius 1 is 1.00 bits per heavy atom. The Labute approximate surface area is 178 Å². The minimum absolute atomic E-state index is 0.123. The summed E-state index contributed by atoms with van der Waals surface area (Å²) in [5.74, 6) is 0.461. The molecule has 0 bridgehead atoms. The van der Waals surface area contributed by atoms with Crippen LogP contribution in [0.25, 0.3) is 0 Å². The van der Waals surface area contributed by atoms with Gasteiger partial charge in [-0.25, -0.2) is 4.79 Å². The summed E-state index contributed by atoms with van der Waals surface area (Å²) in [6, 6.07) is 16.1. The highest BCUT2D eigenvalue weighted by molar-refractivity contribution is 6.04. The lowest BCUT2D eigenvalue weighted by atomic mass is 10.1. The van der Waals surface area contributed by atoms with Gasteiger partial charge in [0.05, 0.1) is 6.10 Å². The zero-order valence-corrected chi connectivity index (χ0v) is 17.8. The fourth-order valence-electron chi connectivity index (χ4n) is 3.37. The van der Waals surface area contributed by atoms with E-state index in [1.165, 1.54) is 0 Å². The molecule has 30 heavy (non-hydrogen) atoms. The highest BCUT2D eigenvalue weighted by atomic mass is 16.5. The van der Waals surface area contributed by atoms with Crippen molar-refractivity contribution in [3.05, 3.63) is 60.2 Å².